The zero-order valence-corrected chi connectivity index (χ0v) is 24.1. The van der Waals surface area contributed by atoms with Gasteiger partial charge in [-0.2, -0.15) is 0 Å². The highest BCUT2D eigenvalue weighted by Crippen LogP contribution is 2.44. The summed E-state index contributed by atoms with van der Waals surface area (Å²) in [6, 6.07) is 55.9. The molecule has 0 amide bonds. The first-order valence-corrected chi connectivity index (χ1v) is 14.5. The van der Waals surface area contributed by atoms with E-state index in [2.05, 4.69) is 84.9 Å². The number of nitrogens with zero attached hydrogens (tertiary/aromatic N) is 1. The van der Waals surface area contributed by atoms with Crippen LogP contribution in [-0.4, -0.2) is 5.84 Å². The van der Waals surface area contributed by atoms with Gasteiger partial charge in [0.1, 0.15) is 11.7 Å². The molecule has 0 aliphatic carbocycles. The second-order valence-electron chi connectivity index (χ2n) is 10.3. The molecule has 3 heteroatoms. The summed E-state index contributed by atoms with van der Waals surface area (Å²) in [7, 11) is 0. The maximum atomic E-state index is 14.7. The van der Waals surface area contributed by atoms with Gasteiger partial charge in [-0.25, -0.2) is 9.38 Å². The largest absolute Gasteiger partial charge is 0.383 e. The van der Waals surface area contributed by atoms with Crippen LogP contribution in [0.25, 0.3) is 22.8 Å². The summed E-state index contributed by atoms with van der Waals surface area (Å²) >= 11 is 0. The highest BCUT2D eigenvalue weighted by Gasteiger charge is 2.21. The Balaban J connectivity index is 1.72. The van der Waals surface area contributed by atoms with Crippen molar-refractivity contribution in [3.05, 3.63) is 209 Å². The zero-order chi connectivity index (χ0) is 30.1. The molecule has 0 saturated carbocycles. The van der Waals surface area contributed by atoms with E-state index in [1.807, 2.05) is 66.7 Å². The fraction of sp³-hybridized carbons (Fsp3) is 0. The molecule has 6 aromatic rings. The third-order valence-corrected chi connectivity index (χ3v) is 7.40. The van der Waals surface area contributed by atoms with Crippen LogP contribution in [0.3, 0.4) is 0 Å². The van der Waals surface area contributed by atoms with E-state index in [0.717, 1.165) is 44.5 Å². The van der Waals surface area contributed by atoms with Gasteiger partial charge in [0.2, 0.25) is 0 Å². The topological polar surface area (TPSA) is 38.4 Å². The second kappa shape index (κ2) is 13.5. The molecule has 0 fully saturated rings. The molecule has 212 valence electrons. The molecule has 6 rings (SSSR count). The molecule has 0 aromatic heterocycles. The molecular weight excluding hydrogens is 539 g/mol. The van der Waals surface area contributed by atoms with Crippen molar-refractivity contribution in [1.82, 2.24) is 0 Å². The highest BCUT2D eigenvalue weighted by atomic mass is 19.1. The molecule has 6 aromatic carbocycles. The van der Waals surface area contributed by atoms with Gasteiger partial charge in [0.15, 0.2) is 0 Å². The summed E-state index contributed by atoms with van der Waals surface area (Å²) in [5, 5.41) is 0. The summed E-state index contributed by atoms with van der Waals surface area (Å²) in [5.41, 5.74) is 15.6. The van der Waals surface area contributed by atoms with Crippen molar-refractivity contribution >= 4 is 34.3 Å². The van der Waals surface area contributed by atoms with E-state index in [0.29, 0.717) is 5.69 Å². The quantitative estimate of drug-likeness (QED) is 0.0841. The van der Waals surface area contributed by atoms with Gasteiger partial charge in [0, 0.05) is 5.56 Å². The van der Waals surface area contributed by atoms with E-state index in [1.165, 1.54) is 6.07 Å². The predicted octanol–water partition coefficient (Wildman–Crippen LogP) is 10.1. The van der Waals surface area contributed by atoms with Gasteiger partial charge in [-0.1, -0.05) is 152 Å². The minimum absolute atomic E-state index is 0.118. The van der Waals surface area contributed by atoms with E-state index in [4.69, 9.17) is 10.7 Å². The van der Waals surface area contributed by atoms with Crippen LogP contribution in [0, 0.1) is 5.82 Å². The van der Waals surface area contributed by atoms with Gasteiger partial charge in [-0.3, -0.25) is 0 Å². The summed E-state index contributed by atoms with van der Waals surface area (Å²) in [6.07, 6.45) is 2.24. The van der Waals surface area contributed by atoms with Crippen molar-refractivity contribution in [2.24, 2.45) is 10.7 Å². The second-order valence-corrected chi connectivity index (χ2v) is 10.3. The van der Waals surface area contributed by atoms with Crippen molar-refractivity contribution in [2.75, 3.05) is 0 Å². The highest BCUT2D eigenvalue weighted by molar-refractivity contribution is 6.22. The molecular formula is C41H31FN2. The molecule has 0 saturated heterocycles. The third-order valence-electron chi connectivity index (χ3n) is 7.40. The minimum Gasteiger partial charge on any atom is -0.383 e. The lowest BCUT2D eigenvalue weighted by atomic mass is 9.82. The minimum atomic E-state index is -0.410. The van der Waals surface area contributed by atoms with Gasteiger partial charge in [-0.15, -0.1) is 0 Å². The van der Waals surface area contributed by atoms with Gasteiger partial charge in [0.05, 0.1) is 11.3 Å². The van der Waals surface area contributed by atoms with Crippen LogP contribution in [0.5, 0.6) is 0 Å². The molecule has 0 bridgehead atoms. The van der Waals surface area contributed by atoms with Crippen LogP contribution in [-0.2, 0) is 0 Å². The average Bonchev–Trinajstić information content (AvgIpc) is 3.08. The van der Waals surface area contributed by atoms with Gasteiger partial charge in [-0.05, 0) is 63.2 Å². The Labute approximate surface area is 258 Å². The number of allylic oxidation sites excluding steroid dienone is 2. The Kier molecular flexibility index (Phi) is 8.66. The zero-order valence-electron chi connectivity index (χ0n) is 24.1. The number of para-hydroxylation sites is 1. The lowest BCUT2D eigenvalue weighted by molar-refractivity contribution is 0.625. The lowest BCUT2D eigenvalue weighted by Gasteiger charge is -2.22. The van der Waals surface area contributed by atoms with E-state index < -0.39 is 5.82 Å². The first-order chi connectivity index (χ1) is 21.7. The summed E-state index contributed by atoms with van der Waals surface area (Å²) < 4.78 is 14.7. The van der Waals surface area contributed by atoms with Crippen LogP contribution in [0.2, 0.25) is 0 Å². The number of amidine groups is 1. The number of aliphatic imine (C=N–C) groups is 1. The average molecular weight is 571 g/mol. The molecule has 0 spiro atoms. The summed E-state index contributed by atoms with van der Waals surface area (Å²) in [4.78, 5) is 4.83. The molecule has 0 unspecified atom stereocenters. The Bertz CT molecular complexity index is 1940. The smallest absolute Gasteiger partial charge is 0.134 e. The number of hydrogen-bond donors (Lipinski definition) is 1. The molecule has 0 heterocycles. The maximum absolute atomic E-state index is 14.7. The van der Waals surface area contributed by atoms with E-state index in [-0.39, 0.29) is 11.4 Å². The monoisotopic (exact) mass is 570 g/mol. The van der Waals surface area contributed by atoms with Crippen LogP contribution in [0.15, 0.2) is 175 Å². The molecule has 2 nitrogen and oxygen atoms in total. The van der Waals surface area contributed by atoms with Crippen molar-refractivity contribution in [1.29, 1.82) is 0 Å². The molecule has 44 heavy (non-hydrogen) atoms. The normalized spacial score (nSPS) is 12.5. The number of nitrogens with two attached hydrogens (primary N) is 1. The summed E-state index contributed by atoms with van der Waals surface area (Å²) in [5.74, 6) is -0.292. The van der Waals surface area contributed by atoms with E-state index >= 15 is 0 Å². The lowest BCUT2D eigenvalue weighted by Crippen LogP contribution is -2.14. The number of hydrogen-bond acceptors (Lipinski definition) is 1. The third kappa shape index (κ3) is 6.33. The Hall–Kier alpha value is -5.80. The molecule has 0 aliphatic heterocycles. The molecule has 0 radical (unpaired) electrons. The van der Waals surface area contributed by atoms with Crippen LogP contribution >= 0.6 is 0 Å². The van der Waals surface area contributed by atoms with Gasteiger partial charge >= 0.3 is 0 Å². The SMILES string of the molecule is NC(=Nc1ccccc1/C(=C(/C(=Cc1ccccc1)c1ccccc1)c1ccccc1)c1ccccc1)c1ccccc1F. The molecule has 0 aliphatic rings. The van der Waals surface area contributed by atoms with Crippen LogP contribution < -0.4 is 5.73 Å². The number of rotatable bonds is 8. The standard InChI is InChI=1S/C41H31FN2/c42-37-27-15-13-25-34(37)41(43)44-38-28-16-14-26-35(38)39(32-21-9-3-10-22-32)40(33-23-11-4-12-24-33)36(31-19-7-2-8-20-31)29-30-17-5-1-6-18-30/h1-29H,(H2,43,44)/b36-29?,40-39+. The fourth-order valence-electron chi connectivity index (χ4n) is 5.35. The predicted molar refractivity (Wildman–Crippen MR) is 183 cm³/mol. The van der Waals surface area contributed by atoms with Crippen molar-refractivity contribution in [3.8, 4) is 0 Å². The maximum Gasteiger partial charge on any atom is 0.134 e. The Morgan fingerprint density at radius 1 is 0.500 bits per heavy atom. The molecule has 0 atom stereocenters. The fourth-order valence-corrected chi connectivity index (χ4v) is 5.35. The Morgan fingerprint density at radius 2 is 0.977 bits per heavy atom. The summed E-state index contributed by atoms with van der Waals surface area (Å²) in [6.45, 7) is 0. The number of halogens is 1. The Morgan fingerprint density at radius 3 is 1.59 bits per heavy atom. The van der Waals surface area contributed by atoms with Gasteiger partial charge in [0.25, 0.3) is 0 Å². The number of benzene rings is 6. The van der Waals surface area contributed by atoms with Crippen molar-refractivity contribution in [2.45, 2.75) is 0 Å². The van der Waals surface area contributed by atoms with Crippen LogP contribution in [0.1, 0.15) is 33.4 Å². The van der Waals surface area contributed by atoms with Crippen molar-refractivity contribution in [3.63, 3.8) is 0 Å². The van der Waals surface area contributed by atoms with E-state index in [1.54, 1.807) is 18.2 Å². The van der Waals surface area contributed by atoms with Gasteiger partial charge < -0.3 is 5.73 Å². The first-order valence-electron chi connectivity index (χ1n) is 14.5. The van der Waals surface area contributed by atoms with E-state index in [9.17, 15) is 4.39 Å². The van der Waals surface area contributed by atoms with Crippen molar-refractivity contribution < 1.29 is 4.39 Å². The van der Waals surface area contributed by atoms with Crippen LogP contribution in [0.4, 0.5) is 10.1 Å². The molecule has 2 N–H and O–H groups in total. The first kappa shape index (κ1) is 28.3.